The molecule has 0 radical (unpaired) electrons. The molecule has 4 aromatic rings. The van der Waals surface area contributed by atoms with Crippen molar-refractivity contribution in [2.24, 2.45) is 11.8 Å². The number of hydrogen-bond acceptors (Lipinski definition) is 3. The van der Waals surface area contributed by atoms with Gasteiger partial charge in [0.2, 0.25) is 0 Å². The molecule has 3 heterocycles. The molecule has 0 spiro atoms. The van der Waals surface area contributed by atoms with Crippen molar-refractivity contribution in [3.63, 3.8) is 0 Å². The molecular formula is C45H40N2S. The number of allylic oxidation sites excluding steroid dienone is 10. The fourth-order valence-corrected chi connectivity index (χ4v) is 9.51. The van der Waals surface area contributed by atoms with Crippen LogP contribution in [0.1, 0.15) is 32.1 Å². The van der Waals surface area contributed by atoms with Crippen molar-refractivity contribution in [2.75, 3.05) is 4.90 Å². The second-order valence-electron chi connectivity index (χ2n) is 13.7. The van der Waals surface area contributed by atoms with Crippen LogP contribution in [0.5, 0.6) is 0 Å². The lowest BCUT2D eigenvalue weighted by molar-refractivity contribution is 0.542. The summed E-state index contributed by atoms with van der Waals surface area (Å²) in [6, 6.07) is 25.2. The molecule has 48 heavy (non-hydrogen) atoms. The topological polar surface area (TPSA) is 15.3 Å². The Morgan fingerprint density at radius 2 is 1.73 bits per heavy atom. The molecule has 236 valence electrons. The first-order valence-corrected chi connectivity index (χ1v) is 18.3. The first-order valence-electron chi connectivity index (χ1n) is 17.5. The number of hydrogen-bond donors (Lipinski definition) is 1. The lowest BCUT2D eigenvalue weighted by atomic mass is 9.75. The first kappa shape index (κ1) is 29.3. The predicted molar refractivity (Wildman–Crippen MR) is 206 cm³/mol. The molecule has 3 aromatic carbocycles. The zero-order chi connectivity index (χ0) is 32.0. The number of thiophene rings is 1. The maximum atomic E-state index is 4.58. The average molecular weight is 641 g/mol. The number of rotatable bonds is 4. The van der Waals surface area contributed by atoms with Crippen molar-refractivity contribution in [1.82, 2.24) is 5.32 Å². The molecule has 4 atom stereocenters. The van der Waals surface area contributed by atoms with Crippen LogP contribution in [0.4, 0.5) is 5.69 Å². The molecule has 9 rings (SSSR count). The standard InChI is InChI=1S/C45H40N2S/c1-30-10-6-7-25-47(37-15-9-13-33(27-37)35-19-21-40-39-17-4-5-18-43(39)48-44(40)29-35)42-22-20-34(28-41(30)42)32-12-8-14-36(26-32)45-38-16-3-2-11-31(38)23-24-46-45/h2,4-7,9-11,13,15,17-29,32,41-42,45-46H,1,3,8,12,14,16H2/b10-6-,25-7-. The van der Waals surface area contributed by atoms with E-state index in [4.69, 9.17) is 0 Å². The van der Waals surface area contributed by atoms with Crippen molar-refractivity contribution in [1.29, 1.82) is 0 Å². The maximum absolute atomic E-state index is 4.58. The maximum Gasteiger partial charge on any atom is 0.0691 e. The van der Waals surface area contributed by atoms with E-state index in [1.54, 1.807) is 11.1 Å². The van der Waals surface area contributed by atoms with Gasteiger partial charge in [-0.05, 0) is 114 Å². The van der Waals surface area contributed by atoms with Crippen LogP contribution in [-0.2, 0) is 0 Å². The minimum atomic E-state index is 0.154. The third-order valence-corrected chi connectivity index (χ3v) is 12.0. The third-order valence-electron chi connectivity index (χ3n) is 10.8. The molecule has 2 nitrogen and oxygen atoms in total. The molecule has 3 heteroatoms. The summed E-state index contributed by atoms with van der Waals surface area (Å²) in [5.74, 6) is 0.622. The Labute approximate surface area is 287 Å². The summed E-state index contributed by atoms with van der Waals surface area (Å²) in [4.78, 5) is 2.44. The van der Waals surface area contributed by atoms with E-state index in [2.05, 4.69) is 157 Å². The van der Waals surface area contributed by atoms with Crippen molar-refractivity contribution in [3.05, 3.63) is 174 Å². The van der Waals surface area contributed by atoms with Gasteiger partial charge in [0.15, 0.2) is 0 Å². The highest BCUT2D eigenvalue weighted by molar-refractivity contribution is 7.25. The van der Waals surface area contributed by atoms with Gasteiger partial charge in [0.05, 0.1) is 12.1 Å². The molecule has 1 N–H and O–H groups in total. The van der Waals surface area contributed by atoms with Crippen molar-refractivity contribution < 1.29 is 0 Å². The Morgan fingerprint density at radius 1 is 0.812 bits per heavy atom. The lowest BCUT2D eigenvalue weighted by Gasteiger charge is -2.38. The summed E-state index contributed by atoms with van der Waals surface area (Å²) in [7, 11) is 0. The summed E-state index contributed by atoms with van der Waals surface area (Å²) in [6.07, 6.45) is 33.6. The normalized spacial score (nSPS) is 26.3. The van der Waals surface area contributed by atoms with Gasteiger partial charge in [-0.1, -0.05) is 97.7 Å². The Hall–Kier alpha value is -4.86. The average Bonchev–Trinajstić information content (AvgIpc) is 3.52. The summed E-state index contributed by atoms with van der Waals surface area (Å²) in [5, 5.41) is 6.40. The summed E-state index contributed by atoms with van der Waals surface area (Å²) in [5.41, 5.74) is 10.8. The molecule has 0 fully saturated rings. The Balaban J connectivity index is 1.02. The lowest BCUT2D eigenvalue weighted by Crippen LogP contribution is -2.38. The van der Waals surface area contributed by atoms with Crippen LogP contribution in [0.15, 0.2) is 174 Å². The highest BCUT2D eigenvalue weighted by Crippen LogP contribution is 2.41. The summed E-state index contributed by atoms with van der Waals surface area (Å²) >= 11 is 1.88. The largest absolute Gasteiger partial charge is 0.381 e. The molecule has 0 saturated heterocycles. The van der Waals surface area contributed by atoms with Crippen LogP contribution in [0.3, 0.4) is 0 Å². The van der Waals surface area contributed by atoms with E-state index in [1.165, 1.54) is 67.4 Å². The van der Waals surface area contributed by atoms with Crippen molar-refractivity contribution in [3.8, 4) is 11.1 Å². The smallest absolute Gasteiger partial charge is 0.0691 e. The zero-order valence-corrected chi connectivity index (χ0v) is 28.0. The number of fused-ring (bicyclic) bond motifs is 4. The van der Waals surface area contributed by atoms with Gasteiger partial charge in [0.25, 0.3) is 0 Å². The van der Waals surface area contributed by atoms with Crippen LogP contribution >= 0.6 is 11.3 Å². The Kier molecular flexibility index (Phi) is 7.51. The number of dihydropyridines is 1. The Bertz CT molecular complexity index is 2190. The van der Waals surface area contributed by atoms with Crippen LogP contribution in [-0.4, -0.2) is 12.1 Å². The highest BCUT2D eigenvalue weighted by atomic mass is 32.1. The molecule has 3 aliphatic carbocycles. The molecular weight excluding hydrogens is 601 g/mol. The van der Waals surface area contributed by atoms with E-state index in [9.17, 15) is 0 Å². The molecule has 2 aliphatic heterocycles. The molecule has 0 amide bonds. The van der Waals surface area contributed by atoms with Gasteiger partial charge in [-0.25, -0.2) is 0 Å². The van der Waals surface area contributed by atoms with Gasteiger partial charge < -0.3 is 10.2 Å². The molecule has 0 saturated carbocycles. The molecule has 5 aliphatic rings. The second kappa shape index (κ2) is 12.3. The van der Waals surface area contributed by atoms with Crippen LogP contribution < -0.4 is 10.2 Å². The fraction of sp³-hybridized carbons (Fsp3) is 0.200. The van der Waals surface area contributed by atoms with Crippen LogP contribution in [0.2, 0.25) is 0 Å². The number of nitrogens with zero attached hydrogens (tertiary/aromatic N) is 1. The predicted octanol–water partition coefficient (Wildman–Crippen LogP) is 11.5. The van der Waals surface area contributed by atoms with Gasteiger partial charge in [0, 0.05) is 43.9 Å². The van der Waals surface area contributed by atoms with E-state index in [-0.39, 0.29) is 12.0 Å². The van der Waals surface area contributed by atoms with Gasteiger partial charge >= 0.3 is 0 Å². The van der Waals surface area contributed by atoms with E-state index in [0.717, 1.165) is 18.4 Å². The van der Waals surface area contributed by atoms with Crippen LogP contribution in [0.25, 0.3) is 31.3 Å². The quantitative estimate of drug-likeness (QED) is 0.223. The zero-order valence-electron chi connectivity index (χ0n) is 27.2. The highest BCUT2D eigenvalue weighted by Gasteiger charge is 2.32. The van der Waals surface area contributed by atoms with Crippen molar-refractivity contribution >= 4 is 37.2 Å². The van der Waals surface area contributed by atoms with Gasteiger partial charge in [0.1, 0.15) is 0 Å². The number of nitrogens with one attached hydrogen (secondary N) is 1. The number of benzene rings is 3. The number of anilines is 1. The van der Waals surface area contributed by atoms with E-state index >= 15 is 0 Å². The monoisotopic (exact) mass is 640 g/mol. The van der Waals surface area contributed by atoms with Gasteiger partial charge in [-0.2, -0.15) is 0 Å². The Morgan fingerprint density at radius 3 is 2.71 bits per heavy atom. The van der Waals surface area contributed by atoms with E-state index < -0.39 is 0 Å². The minimum Gasteiger partial charge on any atom is -0.381 e. The molecule has 1 aromatic heterocycles. The van der Waals surface area contributed by atoms with E-state index in [0.29, 0.717) is 12.0 Å². The first-order chi connectivity index (χ1) is 23.7. The molecule has 4 unspecified atom stereocenters. The van der Waals surface area contributed by atoms with E-state index in [1.807, 2.05) is 11.3 Å². The second-order valence-corrected chi connectivity index (χ2v) is 14.8. The van der Waals surface area contributed by atoms with Gasteiger partial charge in [-0.3, -0.25) is 0 Å². The molecule has 0 bridgehead atoms. The fourth-order valence-electron chi connectivity index (χ4n) is 8.37. The summed E-state index contributed by atoms with van der Waals surface area (Å²) in [6.45, 7) is 4.58. The van der Waals surface area contributed by atoms with Crippen molar-refractivity contribution in [2.45, 2.75) is 44.2 Å². The third kappa shape index (κ3) is 5.27. The summed E-state index contributed by atoms with van der Waals surface area (Å²) < 4.78 is 2.68. The minimum absolute atomic E-state index is 0.154. The SMILES string of the molecule is C=C1/C=C\C=C/N(c2cccc(-c3ccc4c(c3)sc3ccccc34)c2)C2C=CC(C3C=C(C4NC=CC5=C4CCC=C5)CCC3)=CC12. The van der Waals surface area contributed by atoms with Gasteiger partial charge in [-0.15, -0.1) is 11.3 Å². The van der Waals surface area contributed by atoms with Crippen LogP contribution in [0, 0.1) is 11.8 Å².